The lowest BCUT2D eigenvalue weighted by atomic mass is 10.0. The van der Waals surface area contributed by atoms with Crippen LogP contribution in [-0.4, -0.2) is 48.9 Å². The van der Waals surface area contributed by atoms with Crippen molar-refractivity contribution in [1.82, 2.24) is 15.5 Å². The predicted octanol–water partition coefficient (Wildman–Crippen LogP) is 3.05. The Balaban J connectivity index is 1.68. The summed E-state index contributed by atoms with van der Waals surface area (Å²) in [7, 11) is 1.77. The van der Waals surface area contributed by atoms with E-state index in [2.05, 4.69) is 36.4 Å². The van der Waals surface area contributed by atoms with Crippen LogP contribution in [0.4, 0.5) is 0 Å². The molecule has 6 nitrogen and oxygen atoms in total. The van der Waals surface area contributed by atoms with E-state index >= 15 is 0 Å². The van der Waals surface area contributed by atoms with E-state index in [4.69, 9.17) is 0 Å². The SMILES string of the molecule is CN=C(NCCCCN1C(=O)c2ccccc2C1=O)NC(C)CCC(C)C. The maximum atomic E-state index is 12.3. The Morgan fingerprint density at radius 3 is 2.22 bits per heavy atom. The molecule has 1 unspecified atom stereocenters. The molecule has 0 aliphatic carbocycles. The van der Waals surface area contributed by atoms with Crippen molar-refractivity contribution in [2.45, 2.75) is 52.5 Å². The Bertz CT molecular complexity index is 650. The van der Waals surface area contributed by atoms with Gasteiger partial charge >= 0.3 is 0 Å². The number of guanidine groups is 1. The third-order valence-electron chi connectivity index (χ3n) is 4.76. The van der Waals surface area contributed by atoms with Gasteiger partial charge in [0.2, 0.25) is 0 Å². The molecule has 2 amide bonds. The second kappa shape index (κ2) is 10.1. The van der Waals surface area contributed by atoms with Gasteiger partial charge in [0.1, 0.15) is 0 Å². The summed E-state index contributed by atoms with van der Waals surface area (Å²) in [6, 6.07) is 7.38. The fourth-order valence-electron chi connectivity index (χ4n) is 3.13. The van der Waals surface area contributed by atoms with Crippen molar-refractivity contribution in [1.29, 1.82) is 0 Å². The highest BCUT2D eigenvalue weighted by molar-refractivity contribution is 6.21. The summed E-state index contributed by atoms with van der Waals surface area (Å²) in [4.78, 5) is 30.2. The number of imide groups is 1. The normalized spacial score (nSPS) is 15.3. The molecule has 1 heterocycles. The highest BCUT2D eigenvalue weighted by Gasteiger charge is 2.34. The summed E-state index contributed by atoms with van der Waals surface area (Å²) in [6.45, 7) is 7.82. The van der Waals surface area contributed by atoms with E-state index in [0.29, 0.717) is 29.6 Å². The number of nitrogens with one attached hydrogen (secondary N) is 2. The molecule has 6 heteroatoms. The first kappa shape index (κ1) is 20.9. The molecule has 1 aliphatic heterocycles. The number of benzene rings is 1. The van der Waals surface area contributed by atoms with Gasteiger partial charge < -0.3 is 10.6 Å². The molecular weight excluding hydrogens is 340 g/mol. The van der Waals surface area contributed by atoms with E-state index in [1.807, 2.05) is 0 Å². The van der Waals surface area contributed by atoms with Crippen LogP contribution < -0.4 is 10.6 Å². The standard InChI is InChI=1S/C21H32N4O2/c1-15(2)11-12-16(3)24-21(22-4)23-13-7-8-14-25-19(26)17-9-5-6-10-18(17)20(25)27/h5-6,9-10,15-16H,7-8,11-14H2,1-4H3,(H2,22,23,24). The summed E-state index contributed by atoms with van der Waals surface area (Å²) in [5.74, 6) is 1.14. The third-order valence-corrected chi connectivity index (χ3v) is 4.76. The van der Waals surface area contributed by atoms with E-state index in [1.54, 1.807) is 31.3 Å². The van der Waals surface area contributed by atoms with Gasteiger partial charge in [-0.25, -0.2) is 0 Å². The molecule has 0 fully saturated rings. The summed E-state index contributed by atoms with van der Waals surface area (Å²) >= 11 is 0. The number of unbranched alkanes of at least 4 members (excludes halogenated alkanes) is 1. The first-order valence-corrected chi connectivity index (χ1v) is 9.86. The highest BCUT2D eigenvalue weighted by Crippen LogP contribution is 2.22. The van der Waals surface area contributed by atoms with E-state index in [0.717, 1.165) is 31.8 Å². The lowest BCUT2D eigenvalue weighted by molar-refractivity contribution is 0.0652. The zero-order valence-corrected chi connectivity index (χ0v) is 16.9. The minimum Gasteiger partial charge on any atom is -0.356 e. The van der Waals surface area contributed by atoms with Gasteiger partial charge in [0.15, 0.2) is 5.96 Å². The summed E-state index contributed by atoms with van der Waals surface area (Å²) in [5.41, 5.74) is 1.03. The van der Waals surface area contributed by atoms with Gasteiger partial charge in [-0.15, -0.1) is 0 Å². The molecule has 0 saturated carbocycles. The van der Waals surface area contributed by atoms with Crippen molar-refractivity contribution in [2.75, 3.05) is 20.1 Å². The van der Waals surface area contributed by atoms with Crippen molar-refractivity contribution in [3.8, 4) is 0 Å². The zero-order valence-electron chi connectivity index (χ0n) is 16.9. The van der Waals surface area contributed by atoms with E-state index < -0.39 is 0 Å². The molecule has 0 spiro atoms. The molecule has 1 aliphatic rings. The molecular formula is C21H32N4O2. The van der Waals surface area contributed by atoms with Gasteiger partial charge in [-0.2, -0.15) is 0 Å². The number of carbonyl (C=O) groups is 2. The van der Waals surface area contributed by atoms with Gasteiger partial charge in [0, 0.05) is 26.2 Å². The molecule has 0 radical (unpaired) electrons. The largest absolute Gasteiger partial charge is 0.356 e. The van der Waals surface area contributed by atoms with Crippen LogP contribution in [0, 0.1) is 5.92 Å². The van der Waals surface area contributed by atoms with Crippen LogP contribution in [0.1, 0.15) is 67.2 Å². The van der Waals surface area contributed by atoms with Crippen LogP contribution in [0.25, 0.3) is 0 Å². The lowest BCUT2D eigenvalue weighted by Crippen LogP contribution is -2.42. The lowest BCUT2D eigenvalue weighted by Gasteiger charge is -2.19. The van der Waals surface area contributed by atoms with Gasteiger partial charge in [-0.1, -0.05) is 26.0 Å². The van der Waals surface area contributed by atoms with Crippen LogP contribution in [-0.2, 0) is 0 Å². The molecule has 2 rings (SSSR count). The Hall–Kier alpha value is -2.37. The number of hydrogen-bond donors (Lipinski definition) is 2. The van der Waals surface area contributed by atoms with Gasteiger partial charge in [0.05, 0.1) is 11.1 Å². The molecule has 1 aromatic rings. The van der Waals surface area contributed by atoms with Gasteiger partial charge in [0.25, 0.3) is 11.8 Å². The number of nitrogens with zero attached hydrogens (tertiary/aromatic N) is 2. The predicted molar refractivity (Wildman–Crippen MR) is 109 cm³/mol. The molecule has 2 N–H and O–H groups in total. The molecule has 148 valence electrons. The molecule has 1 atom stereocenters. The van der Waals surface area contributed by atoms with E-state index in [-0.39, 0.29) is 11.8 Å². The third kappa shape index (κ3) is 5.81. The first-order valence-electron chi connectivity index (χ1n) is 9.86. The number of hydrogen-bond acceptors (Lipinski definition) is 3. The number of rotatable bonds is 9. The van der Waals surface area contributed by atoms with Crippen molar-refractivity contribution in [2.24, 2.45) is 10.9 Å². The quantitative estimate of drug-likeness (QED) is 0.302. The van der Waals surface area contributed by atoms with Gasteiger partial charge in [-0.3, -0.25) is 19.5 Å². The van der Waals surface area contributed by atoms with Crippen LogP contribution in [0.5, 0.6) is 0 Å². The zero-order chi connectivity index (χ0) is 19.8. The van der Waals surface area contributed by atoms with Crippen LogP contribution >= 0.6 is 0 Å². The van der Waals surface area contributed by atoms with Crippen LogP contribution in [0.2, 0.25) is 0 Å². The average molecular weight is 373 g/mol. The molecule has 1 aromatic carbocycles. The Morgan fingerprint density at radius 1 is 1.04 bits per heavy atom. The van der Waals surface area contributed by atoms with E-state index in [1.165, 1.54) is 11.3 Å². The maximum absolute atomic E-state index is 12.3. The smallest absolute Gasteiger partial charge is 0.261 e. The number of aliphatic imine (C=N–C) groups is 1. The maximum Gasteiger partial charge on any atom is 0.261 e. The number of fused-ring (bicyclic) bond motifs is 1. The number of amides is 2. The fraction of sp³-hybridized carbons (Fsp3) is 0.571. The monoisotopic (exact) mass is 372 g/mol. The summed E-state index contributed by atoms with van der Waals surface area (Å²) in [5, 5.41) is 6.70. The minimum absolute atomic E-state index is 0.181. The van der Waals surface area contributed by atoms with Crippen LogP contribution in [0.15, 0.2) is 29.3 Å². The van der Waals surface area contributed by atoms with Gasteiger partial charge in [-0.05, 0) is 50.7 Å². The molecule has 0 aromatic heterocycles. The second-order valence-electron chi connectivity index (χ2n) is 7.53. The minimum atomic E-state index is -0.181. The van der Waals surface area contributed by atoms with Crippen molar-refractivity contribution in [3.63, 3.8) is 0 Å². The fourth-order valence-corrected chi connectivity index (χ4v) is 3.13. The van der Waals surface area contributed by atoms with Crippen LogP contribution in [0.3, 0.4) is 0 Å². The summed E-state index contributed by atoms with van der Waals surface area (Å²) in [6.07, 6.45) is 3.91. The Morgan fingerprint density at radius 2 is 1.67 bits per heavy atom. The topological polar surface area (TPSA) is 73.8 Å². The summed E-state index contributed by atoms with van der Waals surface area (Å²) < 4.78 is 0. The second-order valence-corrected chi connectivity index (χ2v) is 7.53. The average Bonchev–Trinajstić information content (AvgIpc) is 2.90. The highest BCUT2D eigenvalue weighted by atomic mass is 16.2. The Kier molecular flexibility index (Phi) is 7.82. The van der Waals surface area contributed by atoms with Crippen molar-refractivity contribution in [3.05, 3.63) is 35.4 Å². The first-order chi connectivity index (χ1) is 12.9. The van der Waals surface area contributed by atoms with Crippen molar-refractivity contribution < 1.29 is 9.59 Å². The molecule has 0 bridgehead atoms. The Labute approximate surface area is 162 Å². The van der Waals surface area contributed by atoms with E-state index in [9.17, 15) is 9.59 Å². The number of carbonyl (C=O) groups excluding carboxylic acids is 2. The molecule has 0 saturated heterocycles. The molecule has 27 heavy (non-hydrogen) atoms. The van der Waals surface area contributed by atoms with Crippen molar-refractivity contribution >= 4 is 17.8 Å².